The van der Waals surface area contributed by atoms with Gasteiger partial charge in [-0.1, -0.05) is 24.3 Å². The SMILES string of the molecule is COC(=O)CCc1cccc(C2CCNC2)c1. The highest BCUT2D eigenvalue weighted by Crippen LogP contribution is 2.23. The number of hydrogen-bond donors (Lipinski definition) is 1. The van der Waals surface area contributed by atoms with Gasteiger partial charge in [0.15, 0.2) is 0 Å². The first-order valence-corrected chi connectivity index (χ1v) is 6.16. The topological polar surface area (TPSA) is 38.3 Å². The van der Waals surface area contributed by atoms with Crippen molar-refractivity contribution in [3.8, 4) is 0 Å². The van der Waals surface area contributed by atoms with Crippen molar-refractivity contribution in [3.63, 3.8) is 0 Å². The number of methoxy groups -OCH3 is 1. The standard InChI is InChI=1S/C14H19NO2/c1-17-14(16)6-5-11-3-2-4-12(9-11)13-7-8-15-10-13/h2-4,9,13,15H,5-8,10H2,1H3. The molecule has 3 heteroatoms. The lowest BCUT2D eigenvalue weighted by Crippen LogP contribution is -2.08. The third-order valence-electron chi connectivity index (χ3n) is 3.33. The van der Waals surface area contributed by atoms with E-state index in [0.29, 0.717) is 12.3 Å². The van der Waals surface area contributed by atoms with Crippen molar-refractivity contribution < 1.29 is 9.53 Å². The van der Waals surface area contributed by atoms with Gasteiger partial charge in [0.05, 0.1) is 7.11 Å². The number of aryl methyl sites for hydroxylation is 1. The van der Waals surface area contributed by atoms with E-state index in [-0.39, 0.29) is 5.97 Å². The number of carbonyl (C=O) groups is 1. The highest BCUT2D eigenvalue weighted by Gasteiger charge is 2.16. The van der Waals surface area contributed by atoms with E-state index in [9.17, 15) is 4.79 Å². The Balaban J connectivity index is 1.98. The Hall–Kier alpha value is -1.35. The molecule has 0 aliphatic carbocycles. The number of ether oxygens (including phenoxy) is 1. The minimum Gasteiger partial charge on any atom is -0.469 e. The molecule has 1 fully saturated rings. The maximum Gasteiger partial charge on any atom is 0.305 e. The molecule has 2 rings (SSSR count). The van der Waals surface area contributed by atoms with Crippen LogP contribution in [0.4, 0.5) is 0 Å². The monoisotopic (exact) mass is 233 g/mol. The lowest BCUT2D eigenvalue weighted by Gasteiger charge is -2.10. The molecule has 3 nitrogen and oxygen atoms in total. The van der Waals surface area contributed by atoms with Crippen LogP contribution in [-0.4, -0.2) is 26.2 Å². The van der Waals surface area contributed by atoms with Crippen LogP contribution < -0.4 is 5.32 Å². The van der Waals surface area contributed by atoms with Crippen molar-refractivity contribution in [2.45, 2.75) is 25.2 Å². The Labute approximate surface area is 102 Å². The van der Waals surface area contributed by atoms with Gasteiger partial charge in [0.2, 0.25) is 0 Å². The van der Waals surface area contributed by atoms with E-state index < -0.39 is 0 Å². The van der Waals surface area contributed by atoms with Gasteiger partial charge in [0.25, 0.3) is 0 Å². The maximum absolute atomic E-state index is 11.1. The molecule has 1 unspecified atom stereocenters. The summed E-state index contributed by atoms with van der Waals surface area (Å²) >= 11 is 0. The largest absolute Gasteiger partial charge is 0.469 e. The Morgan fingerprint density at radius 3 is 3.12 bits per heavy atom. The Morgan fingerprint density at radius 2 is 2.41 bits per heavy atom. The Bertz CT molecular complexity index is 384. The minimum absolute atomic E-state index is 0.141. The predicted molar refractivity (Wildman–Crippen MR) is 67.0 cm³/mol. The van der Waals surface area contributed by atoms with E-state index in [1.165, 1.54) is 24.7 Å². The van der Waals surface area contributed by atoms with Crippen LogP contribution in [0.3, 0.4) is 0 Å². The molecular weight excluding hydrogens is 214 g/mol. The van der Waals surface area contributed by atoms with E-state index in [2.05, 4.69) is 34.3 Å². The van der Waals surface area contributed by atoms with E-state index in [1.54, 1.807) is 0 Å². The van der Waals surface area contributed by atoms with Crippen LogP contribution in [0.15, 0.2) is 24.3 Å². The molecule has 0 aromatic heterocycles. The number of rotatable bonds is 4. The first kappa shape index (κ1) is 12.1. The maximum atomic E-state index is 11.1. The summed E-state index contributed by atoms with van der Waals surface area (Å²) in [6.07, 6.45) is 2.43. The zero-order valence-electron chi connectivity index (χ0n) is 10.2. The third kappa shape index (κ3) is 3.30. The van der Waals surface area contributed by atoms with E-state index in [4.69, 9.17) is 0 Å². The molecule has 1 aliphatic rings. The molecule has 0 amide bonds. The van der Waals surface area contributed by atoms with Crippen LogP contribution in [0.5, 0.6) is 0 Å². The number of esters is 1. The molecule has 0 radical (unpaired) electrons. The van der Waals surface area contributed by atoms with Gasteiger partial charge in [-0.25, -0.2) is 0 Å². The first-order chi connectivity index (χ1) is 8.29. The third-order valence-corrected chi connectivity index (χ3v) is 3.33. The van der Waals surface area contributed by atoms with E-state index in [1.807, 2.05) is 0 Å². The fourth-order valence-electron chi connectivity index (χ4n) is 2.29. The summed E-state index contributed by atoms with van der Waals surface area (Å²) < 4.78 is 4.65. The fourth-order valence-corrected chi connectivity index (χ4v) is 2.29. The zero-order chi connectivity index (χ0) is 12.1. The van der Waals surface area contributed by atoms with Crippen molar-refractivity contribution >= 4 is 5.97 Å². The van der Waals surface area contributed by atoms with Gasteiger partial charge in [-0.2, -0.15) is 0 Å². The lowest BCUT2D eigenvalue weighted by atomic mass is 9.95. The summed E-state index contributed by atoms with van der Waals surface area (Å²) in [4.78, 5) is 11.1. The van der Waals surface area contributed by atoms with Gasteiger partial charge in [-0.05, 0) is 36.4 Å². The van der Waals surface area contributed by atoms with Gasteiger partial charge in [-0.15, -0.1) is 0 Å². The average Bonchev–Trinajstić information content (AvgIpc) is 2.90. The number of carbonyl (C=O) groups excluding carboxylic acids is 1. The average molecular weight is 233 g/mol. The van der Waals surface area contributed by atoms with Crippen molar-refractivity contribution in [3.05, 3.63) is 35.4 Å². The van der Waals surface area contributed by atoms with Gasteiger partial charge >= 0.3 is 5.97 Å². The molecule has 0 bridgehead atoms. The zero-order valence-corrected chi connectivity index (χ0v) is 10.2. The van der Waals surface area contributed by atoms with Crippen LogP contribution in [-0.2, 0) is 16.0 Å². The quantitative estimate of drug-likeness (QED) is 0.807. The molecule has 17 heavy (non-hydrogen) atoms. The summed E-state index contributed by atoms with van der Waals surface area (Å²) in [6, 6.07) is 8.56. The second-order valence-corrected chi connectivity index (χ2v) is 4.51. The summed E-state index contributed by atoms with van der Waals surface area (Å²) in [7, 11) is 1.43. The molecule has 1 aromatic carbocycles. The summed E-state index contributed by atoms with van der Waals surface area (Å²) in [6.45, 7) is 2.18. The van der Waals surface area contributed by atoms with Crippen molar-refractivity contribution in [2.75, 3.05) is 20.2 Å². The Morgan fingerprint density at radius 1 is 1.53 bits per heavy atom. The van der Waals surface area contributed by atoms with Gasteiger partial charge in [0, 0.05) is 13.0 Å². The normalized spacial score (nSPS) is 19.2. The van der Waals surface area contributed by atoms with Crippen LogP contribution in [0, 0.1) is 0 Å². The molecule has 1 saturated heterocycles. The van der Waals surface area contributed by atoms with Gasteiger partial charge in [-0.3, -0.25) is 4.79 Å². The van der Waals surface area contributed by atoms with Gasteiger partial charge in [0.1, 0.15) is 0 Å². The van der Waals surface area contributed by atoms with Crippen LogP contribution in [0.2, 0.25) is 0 Å². The summed E-state index contributed by atoms with van der Waals surface area (Å²) in [5.41, 5.74) is 2.61. The van der Waals surface area contributed by atoms with Crippen LogP contribution >= 0.6 is 0 Å². The molecule has 1 aliphatic heterocycles. The predicted octanol–water partition coefficient (Wildman–Crippen LogP) is 1.87. The first-order valence-electron chi connectivity index (χ1n) is 6.16. The van der Waals surface area contributed by atoms with Gasteiger partial charge < -0.3 is 10.1 Å². The molecule has 0 saturated carbocycles. The highest BCUT2D eigenvalue weighted by molar-refractivity contribution is 5.69. The second kappa shape index (κ2) is 5.82. The van der Waals surface area contributed by atoms with E-state index >= 15 is 0 Å². The van der Waals surface area contributed by atoms with Crippen molar-refractivity contribution in [2.24, 2.45) is 0 Å². The number of benzene rings is 1. The molecule has 0 spiro atoms. The highest BCUT2D eigenvalue weighted by atomic mass is 16.5. The van der Waals surface area contributed by atoms with Crippen molar-refractivity contribution in [1.29, 1.82) is 0 Å². The summed E-state index contributed by atoms with van der Waals surface area (Å²) in [5.74, 6) is 0.492. The smallest absolute Gasteiger partial charge is 0.305 e. The lowest BCUT2D eigenvalue weighted by molar-refractivity contribution is -0.140. The molecule has 92 valence electrons. The fraction of sp³-hybridized carbons (Fsp3) is 0.500. The molecule has 1 N–H and O–H groups in total. The molecule has 1 aromatic rings. The number of nitrogens with one attached hydrogen (secondary N) is 1. The minimum atomic E-state index is -0.141. The molecule has 1 atom stereocenters. The molecular formula is C14H19NO2. The Kier molecular flexibility index (Phi) is 4.15. The van der Waals surface area contributed by atoms with Crippen molar-refractivity contribution in [1.82, 2.24) is 5.32 Å². The summed E-state index contributed by atoms with van der Waals surface area (Å²) in [5, 5.41) is 3.38. The second-order valence-electron chi connectivity index (χ2n) is 4.51. The van der Waals surface area contributed by atoms with Crippen LogP contribution in [0.25, 0.3) is 0 Å². The van der Waals surface area contributed by atoms with E-state index in [0.717, 1.165) is 19.5 Å². The number of hydrogen-bond acceptors (Lipinski definition) is 3. The van der Waals surface area contributed by atoms with Crippen LogP contribution in [0.1, 0.15) is 29.9 Å². The molecule has 1 heterocycles.